The van der Waals surface area contributed by atoms with E-state index in [1.807, 2.05) is 35.3 Å². The van der Waals surface area contributed by atoms with E-state index in [0.29, 0.717) is 0 Å². The largest absolute Gasteiger partial charge is 0.354 e. The highest BCUT2D eigenvalue weighted by Gasteiger charge is 2.43. The van der Waals surface area contributed by atoms with Crippen molar-refractivity contribution in [2.45, 2.75) is 21.7 Å². The molecule has 64 valence electrons. The molecule has 2 aliphatic rings. The lowest BCUT2D eigenvalue weighted by Gasteiger charge is -2.19. The number of thioether (sulfide) groups is 3. The average Bonchev–Trinajstić information content (AvgIpc) is 2.62. The second kappa shape index (κ2) is 3.40. The van der Waals surface area contributed by atoms with E-state index >= 15 is 0 Å². The van der Waals surface area contributed by atoms with Crippen LogP contribution in [-0.2, 0) is 4.74 Å². The van der Waals surface area contributed by atoms with Gasteiger partial charge in [0.25, 0.3) is 0 Å². The van der Waals surface area contributed by atoms with Crippen LogP contribution >= 0.6 is 35.3 Å². The topological polar surface area (TPSA) is 9.23 Å². The number of ether oxygens (including phenoxy) is 1. The van der Waals surface area contributed by atoms with Crippen molar-refractivity contribution < 1.29 is 4.74 Å². The summed E-state index contributed by atoms with van der Waals surface area (Å²) in [5, 5.41) is 0. The molecule has 1 spiro atoms. The lowest BCUT2D eigenvalue weighted by molar-refractivity contribution is 0.117. The summed E-state index contributed by atoms with van der Waals surface area (Å²) in [6.07, 6.45) is 4.75. The SMILES string of the molecule is CSC1CCC2(OCCS2)S1. The summed E-state index contributed by atoms with van der Waals surface area (Å²) in [6, 6.07) is 0. The lowest BCUT2D eigenvalue weighted by atomic mass is 10.3. The van der Waals surface area contributed by atoms with Crippen molar-refractivity contribution >= 4 is 35.3 Å². The Morgan fingerprint density at radius 2 is 2.55 bits per heavy atom. The predicted octanol–water partition coefficient (Wildman–Crippen LogP) is 2.62. The Morgan fingerprint density at radius 1 is 1.64 bits per heavy atom. The maximum absolute atomic E-state index is 5.75. The zero-order valence-electron chi connectivity index (χ0n) is 6.54. The first-order chi connectivity index (χ1) is 5.35. The van der Waals surface area contributed by atoms with Crippen molar-refractivity contribution in [3.05, 3.63) is 0 Å². The van der Waals surface area contributed by atoms with Crippen LogP contribution in [0.1, 0.15) is 12.8 Å². The van der Waals surface area contributed by atoms with E-state index in [9.17, 15) is 0 Å². The molecule has 0 bridgehead atoms. The van der Waals surface area contributed by atoms with E-state index in [0.717, 1.165) is 11.2 Å². The first-order valence-corrected chi connectivity index (χ1v) is 6.98. The van der Waals surface area contributed by atoms with Gasteiger partial charge in [0, 0.05) is 5.75 Å². The van der Waals surface area contributed by atoms with Crippen molar-refractivity contribution in [3.63, 3.8) is 0 Å². The van der Waals surface area contributed by atoms with Gasteiger partial charge in [-0.1, -0.05) is 0 Å². The van der Waals surface area contributed by atoms with Crippen LogP contribution in [0.4, 0.5) is 0 Å². The molecule has 0 N–H and O–H groups in total. The summed E-state index contributed by atoms with van der Waals surface area (Å²) in [4.78, 5) is 0. The van der Waals surface area contributed by atoms with E-state index < -0.39 is 0 Å². The first-order valence-electron chi connectivity index (χ1n) is 3.83. The summed E-state index contributed by atoms with van der Waals surface area (Å²) >= 11 is 5.99. The van der Waals surface area contributed by atoms with Gasteiger partial charge in [-0.2, -0.15) is 11.8 Å². The third kappa shape index (κ3) is 1.69. The van der Waals surface area contributed by atoms with E-state index in [2.05, 4.69) is 6.26 Å². The molecule has 2 atom stereocenters. The van der Waals surface area contributed by atoms with Crippen LogP contribution in [0.25, 0.3) is 0 Å². The molecule has 2 rings (SSSR count). The molecular weight excluding hydrogens is 196 g/mol. The molecule has 0 aromatic carbocycles. The van der Waals surface area contributed by atoms with Gasteiger partial charge in [0.05, 0.1) is 11.2 Å². The van der Waals surface area contributed by atoms with Gasteiger partial charge in [0.2, 0.25) is 0 Å². The highest BCUT2D eigenvalue weighted by Crippen LogP contribution is 2.56. The smallest absolute Gasteiger partial charge is 0.161 e. The molecule has 0 aliphatic carbocycles. The molecular formula is C7H12OS3. The molecule has 0 radical (unpaired) electrons. The van der Waals surface area contributed by atoms with Gasteiger partial charge in [0.15, 0.2) is 4.27 Å². The maximum Gasteiger partial charge on any atom is 0.161 e. The van der Waals surface area contributed by atoms with Crippen molar-refractivity contribution in [3.8, 4) is 0 Å². The van der Waals surface area contributed by atoms with Gasteiger partial charge in [-0.3, -0.25) is 0 Å². The average molecular weight is 208 g/mol. The molecule has 1 nitrogen and oxygen atoms in total. The summed E-state index contributed by atoms with van der Waals surface area (Å²) in [7, 11) is 0. The summed E-state index contributed by atoms with van der Waals surface area (Å²) in [6.45, 7) is 0.957. The molecule has 2 unspecified atom stereocenters. The second-order valence-corrected chi connectivity index (χ2v) is 7.12. The Hall–Kier alpha value is 1.01. The maximum atomic E-state index is 5.75. The Kier molecular flexibility index (Phi) is 2.66. The Balaban J connectivity index is 1.96. The third-order valence-corrected chi connectivity index (χ3v) is 6.57. The minimum atomic E-state index is 0.174. The minimum absolute atomic E-state index is 0.174. The first kappa shape index (κ1) is 8.60. The summed E-state index contributed by atoms with van der Waals surface area (Å²) < 4.78 is 6.70. The normalized spacial score (nSPS) is 43.9. The molecule has 2 heterocycles. The van der Waals surface area contributed by atoms with E-state index in [1.54, 1.807) is 0 Å². The fraction of sp³-hybridized carbons (Fsp3) is 1.00. The van der Waals surface area contributed by atoms with Crippen molar-refractivity contribution in [1.29, 1.82) is 0 Å². The fourth-order valence-electron chi connectivity index (χ4n) is 1.43. The van der Waals surface area contributed by atoms with Crippen LogP contribution in [0, 0.1) is 0 Å². The van der Waals surface area contributed by atoms with E-state index in [4.69, 9.17) is 4.74 Å². The van der Waals surface area contributed by atoms with Gasteiger partial charge in [-0.25, -0.2) is 0 Å². The molecule has 2 saturated heterocycles. The van der Waals surface area contributed by atoms with Gasteiger partial charge in [-0.15, -0.1) is 23.5 Å². The molecule has 0 amide bonds. The van der Waals surface area contributed by atoms with Crippen LogP contribution in [0.3, 0.4) is 0 Å². The van der Waals surface area contributed by atoms with Gasteiger partial charge >= 0.3 is 0 Å². The van der Waals surface area contributed by atoms with Gasteiger partial charge in [0.1, 0.15) is 0 Å². The van der Waals surface area contributed by atoms with Gasteiger partial charge < -0.3 is 4.74 Å². The summed E-state index contributed by atoms with van der Waals surface area (Å²) in [5.41, 5.74) is 0. The monoisotopic (exact) mass is 208 g/mol. The van der Waals surface area contributed by atoms with E-state index in [1.165, 1.54) is 18.6 Å². The lowest BCUT2D eigenvalue weighted by Crippen LogP contribution is -2.14. The molecule has 0 saturated carbocycles. The predicted molar refractivity (Wildman–Crippen MR) is 55.3 cm³/mol. The quantitative estimate of drug-likeness (QED) is 0.655. The Bertz CT molecular complexity index is 145. The highest BCUT2D eigenvalue weighted by molar-refractivity contribution is 8.25. The number of hydrogen-bond donors (Lipinski definition) is 0. The number of rotatable bonds is 1. The minimum Gasteiger partial charge on any atom is -0.354 e. The fourth-order valence-corrected chi connectivity index (χ4v) is 5.62. The third-order valence-electron chi connectivity index (χ3n) is 1.99. The Morgan fingerprint density at radius 3 is 3.09 bits per heavy atom. The van der Waals surface area contributed by atoms with Crippen LogP contribution < -0.4 is 0 Å². The van der Waals surface area contributed by atoms with Crippen LogP contribution in [0.5, 0.6) is 0 Å². The van der Waals surface area contributed by atoms with Crippen molar-refractivity contribution in [2.75, 3.05) is 18.6 Å². The molecule has 0 aromatic rings. The van der Waals surface area contributed by atoms with Crippen molar-refractivity contribution in [1.82, 2.24) is 0 Å². The van der Waals surface area contributed by atoms with Crippen LogP contribution in [-0.4, -0.2) is 27.5 Å². The highest BCUT2D eigenvalue weighted by atomic mass is 32.2. The summed E-state index contributed by atoms with van der Waals surface area (Å²) in [5.74, 6) is 1.19. The van der Waals surface area contributed by atoms with Crippen LogP contribution in [0.15, 0.2) is 0 Å². The van der Waals surface area contributed by atoms with Crippen LogP contribution in [0.2, 0.25) is 0 Å². The zero-order valence-corrected chi connectivity index (χ0v) is 8.99. The molecule has 2 aliphatic heterocycles. The zero-order chi connectivity index (χ0) is 7.73. The molecule has 4 heteroatoms. The van der Waals surface area contributed by atoms with Crippen molar-refractivity contribution in [2.24, 2.45) is 0 Å². The van der Waals surface area contributed by atoms with E-state index in [-0.39, 0.29) is 4.27 Å². The molecule has 2 fully saturated rings. The number of hydrogen-bond acceptors (Lipinski definition) is 4. The molecule has 0 aromatic heterocycles. The van der Waals surface area contributed by atoms with Gasteiger partial charge in [-0.05, 0) is 19.1 Å². The Labute approximate surface area is 80.4 Å². The second-order valence-electron chi connectivity index (χ2n) is 2.70. The molecule has 11 heavy (non-hydrogen) atoms. The standard InChI is InChI=1S/C7H12OS3/c1-9-6-2-3-7(11-6)8-4-5-10-7/h6H,2-5H2,1H3.